The highest BCUT2D eigenvalue weighted by molar-refractivity contribution is 5.62. The number of benzene rings is 2. The summed E-state index contributed by atoms with van der Waals surface area (Å²) in [5.74, 6) is 0.407. The lowest BCUT2D eigenvalue weighted by molar-refractivity contribution is -0.137. The number of hydrogen-bond acceptors (Lipinski definition) is 5. The van der Waals surface area contributed by atoms with Crippen LogP contribution in [-0.2, 0) is 10.9 Å². The second kappa shape index (κ2) is 7.90. The molecule has 1 aliphatic rings. The number of halogens is 3. The second-order valence-corrected chi connectivity index (χ2v) is 6.49. The average molecular weight is 402 g/mol. The van der Waals surface area contributed by atoms with E-state index in [4.69, 9.17) is 27.0 Å². The summed E-state index contributed by atoms with van der Waals surface area (Å²) in [5.41, 5.74) is 5.49. The summed E-state index contributed by atoms with van der Waals surface area (Å²) in [4.78, 5) is 4.96. The first-order chi connectivity index (χ1) is 13.7. The van der Waals surface area contributed by atoms with E-state index < -0.39 is 29.6 Å². The summed E-state index contributed by atoms with van der Waals surface area (Å²) in [6.07, 6.45) is -5.49. The fourth-order valence-corrected chi connectivity index (χ4v) is 3.13. The maximum Gasteiger partial charge on any atom is 0.417 e. The minimum atomic E-state index is -4.62. The number of anilines is 2. The van der Waals surface area contributed by atoms with Gasteiger partial charge in [-0.25, -0.2) is 4.85 Å². The molecule has 0 amide bonds. The van der Waals surface area contributed by atoms with Crippen LogP contribution in [-0.4, -0.2) is 25.5 Å². The third-order valence-electron chi connectivity index (χ3n) is 4.54. The Morgan fingerprint density at radius 2 is 2.10 bits per heavy atom. The van der Waals surface area contributed by atoms with Gasteiger partial charge in [-0.2, -0.15) is 18.4 Å². The van der Waals surface area contributed by atoms with Gasteiger partial charge in [-0.3, -0.25) is 0 Å². The van der Waals surface area contributed by atoms with Gasteiger partial charge in [-0.1, -0.05) is 6.07 Å². The van der Waals surface area contributed by atoms with Crippen molar-refractivity contribution in [3.8, 4) is 11.8 Å². The van der Waals surface area contributed by atoms with Gasteiger partial charge in [0.15, 0.2) is 5.69 Å². The van der Waals surface area contributed by atoms with Gasteiger partial charge in [-0.15, -0.1) is 0 Å². The van der Waals surface area contributed by atoms with Gasteiger partial charge >= 0.3 is 6.18 Å². The van der Waals surface area contributed by atoms with E-state index >= 15 is 0 Å². The number of nitrogens with zero attached hydrogens (tertiary/aromatic N) is 3. The van der Waals surface area contributed by atoms with Crippen LogP contribution in [0.3, 0.4) is 0 Å². The monoisotopic (exact) mass is 402 g/mol. The molecule has 1 fully saturated rings. The Hall–Kier alpha value is -3.43. The average Bonchev–Trinajstić information content (AvgIpc) is 3.06. The zero-order chi connectivity index (χ0) is 21.2. The van der Waals surface area contributed by atoms with Gasteiger partial charge in [0.05, 0.1) is 36.0 Å². The lowest BCUT2D eigenvalue weighted by atomic mass is 10.1. The molecule has 6 nitrogen and oxygen atoms in total. The quantitative estimate of drug-likeness (QED) is 0.608. The summed E-state index contributed by atoms with van der Waals surface area (Å²) in [7, 11) is 0. The lowest BCUT2D eigenvalue weighted by Gasteiger charge is -2.23. The molecule has 2 aromatic carbocycles. The molecule has 9 heteroatoms. The number of rotatable bonds is 4. The largest absolute Gasteiger partial charge is 0.489 e. The fourth-order valence-electron chi connectivity index (χ4n) is 3.13. The Morgan fingerprint density at radius 1 is 1.34 bits per heavy atom. The van der Waals surface area contributed by atoms with E-state index in [1.165, 1.54) is 12.1 Å². The van der Waals surface area contributed by atoms with Gasteiger partial charge in [0.25, 0.3) is 0 Å². The molecule has 2 atom stereocenters. The number of nitrogen functional groups attached to an aromatic ring is 1. The first-order valence-corrected chi connectivity index (χ1v) is 8.66. The zero-order valence-electron chi connectivity index (χ0n) is 15.4. The Labute approximate surface area is 165 Å². The van der Waals surface area contributed by atoms with Crippen molar-refractivity contribution in [3.63, 3.8) is 0 Å². The molecule has 0 bridgehead atoms. The van der Waals surface area contributed by atoms with E-state index in [1.807, 2.05) is 0 Å². The number of ether oxygens (including phenoxy) is 2. The van der Waals surface area contributed by atoms with Crippen molar-refractivity contribution in [2.24, 2.45) is 0 Å². The summed E-state index contributed by atoms with van der Waals surface area (Å²) in [6.45, 7) is 9.15. The second-order valence-electron chi connectivity index (χ2n) is 6.49. The summed E-state index contributed by atoms with van der Waals surface area (Å²) < 4.78 is 51.1. The van der Waals surface area contributed by atoms with Crippen LogP contribution in [0.15, 0.2) is 36.4 Å². The summed E-state index contributed by atoms with van der Waals surface area (Å²) >= 11 is 0. The fraction of sp³-hybridized carbons (Fsp3) is 0.300. The number of alkyl halides is 3. The first-order valence-electron chi connectivity index (χ1n) is 8.66. The molecule has 1 heterocycles. The van der Waals surface area contributed by atoms with Crippen molar-refractivity contribution >= 4 is 17.1 Å². The molecule has 0 radical (unpaired) electrons. The lowest BCUT2D eigenvalue weighted by Crippen LogP contribution is -2.29. The topological polar surface area (TPSA) is 75.9 Å². The SMILES string of the molecule is [C-]#[N+]c1ccc(OC[C@@H]2CN(c3ccc(C#N)c(C(F)(F)F)c3)[C@@H](C)O2)c(N)c1. The Bertz CT molecular complexity index is 995. The van der Waals surface area contributed by atoms with Gasteiger partial charge in [0.2, 0.25) is 0 Å². The van der Waals surface area contributed by atoms with Gasteiger partial charge in [0, 0.05) is 5.69 Å². The summed E-state index contributed by atoms with van der Waals surface area (Å²) in [6, 6.07) is 9.84. The molecule has 0 unspecified atom stereocenters. The molecule has 3 rings (SSSR count). The zero-order valence-corrected chi connectivity index (χ0v) is 15.4. The summed E-state index contributed by atoms with van der Waals surface area (Å²) in [5, 5.41) is 8.93. The third kappa shape index (κ3) is 4.36. The predicted octanol–water partition coefficient (Wildman–Crippen LogP) is 4.34. The molecule has 1 saturated heterocycles. The number of hydrogen-bond donors (Lipinski definition) is 1. The molecular formula is C20H17F3N4O2. The van der Waals surface area contributed by atoms with E-state index in [9.17, 15) is 13.2 Å². The van der Waals surface area contributed by atoms with Gasteiger partial charge < -0.3 is 20.1 Å². The standard InChI is InChI=1S/C20H17F3N4O2/c1-12-27(15-5-3-13(9-24)17(8-15)20(21,22)23)10-16(29-12)11-28-19-6-4-14(26-2)7-18(19)25/h3-8,12,16H,10-11,25H2,1H3/t12-,16+/m1/s1. The third-order valence-corrected chi connectivity index (χ3v) is 4.54. The minimum absolute atomic E-state index is 0.144. The molecule has 2 N–H and O–H groups in total. The smallest absolute Gasteiger partial charge is 0.417 e. The highest BCUT2D eigenvalue weighted by Crippen LogP contribution is 2.36. The van der Waals surface area contributed by atoms with Crippen LogP contribution in [0.1, 0.15) is 18.1 Å². The minimum Gasteiger partial charge on any atom is -0.489 e. The van der Waals surface area contributed by atoms with Crippen LogP contribution >= 0.6 is 0 Å². The normalized spacial score (nSPS) is 18.9. The molecule has 0 saturated carbocycles. The maximum absolute atomic E-state index is 13.2. The molecule has 2 aromatic rings. The van der Waals surface area contributed by atoms with Gasteiger partial charge in [-0.05, 0) is 37.3 Å². The Balaban J connectivity index is 1.72. The molecule has 1 aliphatic heterocycles. The van der Waals surface area contributed by atoms with E-state index in [0.29, 0.717) is 29.4 Å². The van der Waals surface area contributed by atoms with Crippen LogP contribution in [0.4, 0.5) is 30.2 Å². The molecule has 0 spiro atoms. The van der Waals surface area contributed by atoms with Gasteiger partial charge in [0.1, 0.15) is 24.7 Å². The van der Waals surface area contributed by atoms with Crippen molar-refractivity contribution in [1.29, 1.82) is 5.26 Å². The molecule has 150 valence electrons. The van der Waals surface area contributed by atoms with Crippen molar-refractivity contribution < 1.29 is 22.6 Å². The predicted molar refractivity (Wildman–Crippen MR) is 100 cm³/mol. The van der Waals surface area contributed by atoms with Crippen LogP contribution < -0.4 is 15.4 Å². The van der Waals surface area contributed by atoms with Crippen molar-refractivity contribution in [2.45, 2.75) is 25.4 Å². The van der Waals surface area contributed by atoms with Crippen LogP contribution in [0.5, 0.6) is 5.75 Å². The van der Waals surface area contributed by atoms with E-state index in [-0.39, 0.29) is 6.61 Å². The van der Waals surface area contributed by atoms with E-state index in [0.717, 1.165) is 12.1 Å². The Kier molecular flexibility index (Phi) is 5.53. The van der Waals surface area contributed by atoms with Crippen molar-refractivity contribution in [1.82, 2.24) is 0 Å². The van der Waals surface area contributed by atoms with Crippen LogP contribution in [0, 0.1) is 17.9 Å². The highest BCUT2D eigenvalue weighted by Gasteiger charge is 2.36. The maximum atomic E-state index is 13.2. The molecule has 0 aliphatic carbocycles. The van der Waals surface area contributed by atoms with Crippen LogP contribution in [0.25, 0.3) is 4.85 Å². The van der Waals surface area contributed by atoms with Crippen LogP contribution in [0.2, 0.25) is 0 Å². The molecule has 29 heavy (non-hydrogen) atoms. The van der Waals surface area contributed by atoms with Crippen molar-refractivity contribution in [2.75, 3.05) is 23.8 Å². The van der Waals surface area contributed by atoms with E-state index in [1.54, 1.807) is 30.0 Å². The number of nitriles is 1. The highest BCUT2D eigenvalue weighted by atomic mass is 19.4. The molecular weight excluding hydrogens is 385 g/mol. The Morgan fingerprint density at radius 3 is 2.72 bits per heavy atom. The molecule has 0 aromatic heterocycles. The first kappa shape index (κ1) is 20.3. The van der Waals surface area contributed by atoms with Crippen molar-refractivity contribution in [3.05, 3.63) is 58.9 Å². The van der Waals surface area contributed by atoms with E-state index in [2.05, 4.69) is 4.85 Å². The number of nitrogens with two attached hydrogens (primary N) is 1.